The number of halogens is 2. The summed E-state index contributed by atoms with van der Waals surface area (Å²) >= 11 is 0. The maximum atomic E-state index is 12.5. The molecule has 0 unspecified atom stereocenters. The van der Waals surface area contributed by atoms with E-state index in [9.17, 15) is 13.6 Å². The fourth-order valence-electron chi connectivity index (χ4n) is 2.99. The van der Waals surface area contributed by atoms with Gasteiger partial charge in [0.1, 0.15) is 5.75 Å². The average molecular weight is 327 g/mol. The summed E-state index contributed by atoms with van der Waals surface area (Å²) in [5.41, 5.74) is 2.64. The summed E-state index contributed by atoms with van der Waals surface area (Å²) in [5.74, 6) is -0.785. The number of aliphatic carboxylic acids is 1. The Hall–Kier alpha value is -1.69. The van der Waals surface area contributed by atoms with E-state index >= 15 is 0 Å². The van der Waals surface area contributed by atoms with E-state index in [1.165, 1.54) is 0 Å². The van der Waals surface area contributed by atoms with Gasteiger partial charge in [-0.25, -0.2) is 0 Å². The summed E-state index contributed by atoms with van der Waals surface area (Å²) in [5, 5.41) is 12.3. The van der Waals surface area contributed by atoms with Crippen molar-refractivity contribution in [2.45, 2.75) is 58.7 Å². The normalized spacial score (nSPS) is 21.4. The minimum atomic E-state index is -2.85. The molecule has 1 aliphatic carbocycles. The second-order valence-corrected chi connectivity index (χ2v) is 6.19. The largest absolute Gasteiger partial charge is 0.481 e. The lowest BCUT2D eigenvalue weighted by atomic mass is 9.86. The van der Waals surface area contributed by atoms with Gasteiger partial charge in [0.15, 0.2) is 0 Å². The highest BCUT2D eigenvalue weighted by molar-refractivity contribution is 5.70. The van der Waals surface area contributed by atoms with Gasteiger partial charge in [0, 0.05) is 18.2 Å². The first kappa shape index (κ1) is 17.7. The van der Waals surface area contributed by atoms with Crippen LogP contribution in [0.4, 0.5) is 8.78 Å². The summed E-state index contributed by atoms with van der Waals surface area (Å²) < 4.78 is 29.7. The maximum Gasteiger partial charge on any atom is 0.387 e. The van der Waals surface area contributed by atoms with E-state index in [1.807, 2.05) is 19.9 Å². The van der Waals surface area contributed by atoms with E-state index in [4.69, 9.17) is 5.11 Å². The summed E-state index contributed by atoms with van der Waals surface area (Å²) in [6, 6.07) is 3.72. The predicted molar refractivity (Wildman–Crippen MR) is 82.8 cm³/mol. The molecule has 2 N–H and O–H groups in total. The van der Waals surface area contributed by atoms with Gasteiger partial charge in [-0.05, 0) is 56.7 Å². The van der Waals surface area contributed by atoms with Crippen molar-refractivity contribution in [2.75, 3.05) is 0 Å². The molecule has 2 rings (SSSR count). The molecule has 1 aromatic carbocycles. The number of nitrogens with one attached hydrogen (secondary N) is 1. The van der Waals surface area contributed by atoms with E-state index in [1.54, 1.807) is 6.07 Å². The van der Waals surface area contributed by atoms with Crippen LogP contribution in [0.1, 0.15) is 42.4 Å². The Morgan fingerprint density at radius 3 is 2.43 bits per heavy atom. The Labute approximate surface area is 134 Å². The highest BCUT2D eigenvalue weighted by Gasteiger charge is 2.25. The van der Waals surface area contributed by atoms with E-state index in [-0.39, 0.29) is 17.7 Å². The van der Waals surface area contributed by atoms with Gasteiger partial charge in [0.2, 0.25) is 0 Å². The fraction of sp³-hybridized carbons (Fsp3) is 0.588. The van der Waals surface area contributed by atoms with Crippen molar-refractivity contribution in [1.29, 1.82) is 0 Å². The first-order chi connectivity index (χ1) is 10.9. The molecular formula is C17H23F2NO3. The number of aryl methyl sites for hydroxylation is 2. The minimum Gasteiger partial charge on any atom is -0.481 e. The number of carboxylic acid groups (broad SMARTS) is 1. The third-order valence-electron chi connectivity index (χ3n) is 4.55. The zero-order valence-corrected chi connectivity index (χ0v) is 13.4. The van der Waals surface area contributed by atoms with Crippen LogP contribution in [-0.4, -0.2) is 23.7 Å². The highest BCUT2D eigenvalue weighted by atomic mass is 19.3. The van der Waals surface area contributed by atoms with Crippen molar-refractivity contribution >= 4 is 5.97 Å². The van der Waals surface area contributed by atoms with Crippen LogP contribution in [0, 0.1) is 19.8 Å². The van der Waals surface area contributed by atoms with Gasteiger partial charge in [-0.15, -0.1) is 0 Å². The van der Waals surface area contributed by atoms with Crippen molar-refractivity contribution in [3.63, 3.8) is 0 Å². The van der Waals surface area contributed by atoms with E-state index in [0.29, 0.717) is 24.9 Å². The van der Waals surface area contributed by atoms with E-state index in [2.05, 4.69) is 10.1 Å². The molecule has 0 amide bonds. The van der Waals surface area contributed by atoms with Crippen LogP contribution in [-0.2, 0) is 11.3 Å². The zero-order valence-electron chi connectivity index (χ0n) is 13.4. The van der Waals surface area contributed by atoms with Crippen molar-refractivity contribution < 1.29 is 23.4 Å². The molecule has 0 atom stereocenters. The zero-order chi connectivity index (χ0) is 17.0. The molecule has 1 aliphatic rings. The van der Waals surface area contributed by atoms with Crippen LogP contribution in [0.15, 0.2) is 12.1 Å². The Balaban J connectivity index is 1.97. The van der Waals surface area contributed by atoms with Gasteiger partial charge in [-0.2, -0.15) is 8.78 Å². The number of alkyl halides is 2. The molecule has 0 aromatic heterocycles. The standard InChI is InChI=1S/C17H23F2NO3/c1-10-7-13(15(8-11(10)2)23-17(18)19)9-20-14-5-3-12(4-6-14)16(21)22/h7-8,12,14,17,20H,3-6,9H2,1-2H3,(H,21,22). The SMILES string of the molecule is Cc1cc(CNC2CCC(C(=O)O)CC2)c(OC(F)F)cc1C. The van der Waals surface area contributed by atoms with E-state index < -0.39 is 12.6 Å². The Bertz CT molecular complexity index is 555. The molecule has 0 radical (unpaired) electrons. The summed E-state index contributed by atoms with van der Waals surface area (Å²) in [6.07, 6.45) is 2.88. The number of carbonyl (C=O) groups is 1. The van der Waals surface area contributed by atoms with Gasteiger partial charge in [-0.1, -0.05) is 6.07 Å². The van der Waals surface area contributed by atoms with Crippen LogP contribution >= 0.6 is 0 Å². The lowest BCUT2D eigenvalue weighted by molar-refractivity contribution is -0.142. The molecule has 1 aromatic rings. The molecule has 128 valence electrons. The van der Waals surface area contributed by atoms with Crippen LogP contribution in [0.3, 0.4) is 0 Å². The monoisotopic (exact) mass is 327 g/mol. The minimum absolute atomic E-state index is 0.204. The predicted octanol–water partition coefficient (Wildman–Crippen LogP) is 3.64. The first-order valence-corrected chi connectivity index (χ1v) is 7.88. The number of ether oxygens (including phenoxy) is 1. The van der Waals surface area contributed by atoms with Crippen LogP contribution in [0.5, 0.6) is 5.75 Å². The summed E-state index contributed by atoms with van der Waals surface area (Å²) in [6.45, 7) is 1.38. The molecule has 0 aliphatic heterocycles. The highest BCUT2D eigenvalue weighted by Crippen LogP contribution is 2.27. The molecule has 1 fully saturated rings. The quantitative estimate of drug-likeness (QED) is 0.837. The van der Waals surface area contributed by atoms with Gasteiger partial charge < -0.3 is 15.2 Å². The second-order valence-electron chi connectivity index (χ2n) is 6.19. The fourth-order valence-corrected chi connectivity index (χ4v) is 2.99. The Morgan fingerprint density at radius 1 is 1.26 bits per heavy atom. The molecule has 1 saturated carbocycles. The smallest absolute Gasteiger partial charge is 0.387 e. The number of benzene rings is 1. The Morgan fingerprint density at radius 2 is 1.87 bits per heavy atom. The number of hydrogen-bond acceptors (Lipinski definition) is 3. The molecule has 0 heterocycles. The van der Waals surface area contributed by atoms with E-state index in [0.717, 1.165) is 24.0 Å². The summed E-state index contributed by atoms with van der Waals surface area (Å²) in [7, 11) is 0. The molecule has 0 saturated heterocycles. The van der Waals surface area contributed by atoms with Crippen molar-refractivity contribution in [3.8, 4) is 5.75 Å². The molecule has 0 spiro atoms. The van der Waals surface area contributed by atoms with Gasteiger partial charge in [0.05, 0.1) is 5.92 Å². The van der Waals surface area contributed by atoms with Crippen molar-refractivity contribution in [1.82, 2.24) is 5.32 Å². The molecule has 23 heavy (non-hydrogen) atoms. The van der Waals surface area contributed by atoms with Crippen LogP contribution in [0.25, 0.3) is 0 Å². The number of carboxylic acids is 1. The molecular weight excluding hydrogens is 304 g/mol. The summed E-state index contributed by atoms with van der Waals surface area (Å²) in [4.78, 5) is 10.9. The average Bonchev–Trinajstić information content (AvgIpc) is 2.49. The van der Waals surface area contributed by atoms with Gasteiger partial charge in [-0.3, -0.25) is 4.79 Å². The van der Waals surface area contributed by atoms with Gasteiger partial charge in [0.25, 0.3) is 0 Å². The molecule has 4 nitrogen and oxygen atoms in total. The number of hydrogen-bond donors (Lipinski definition) is 2. The Kier molecular flexibility index (Phi) is 5.93. The molecule has 6 heteroatoms. The second kappa shape index (κ2) is 7.73. The number of rotatable bonds is 6. The topological polar surface area (TPSA) is 58.6 Å². The van der Waals surface area contributed by atoms with Crippen molar-refractivity contribution in [2.24, 2.45) is 5.92 Å². The van der Waals surface area contributed by atoms with Crippen LogP contribution < -0.4 is 10.1 Å². The van der Waals surface area contributed by atoms with Gasteiger partial charge >= 0.3 is 12.6 Å². The lowest BCUT2D eigenvalue weighted by Crippen LogP contribution is -2.34. The third kappa shape index (κ3) is 4.89. The third-order valence-corrected chi connectivity index (χ3v) is 4.55. The maximum absolute atomic E-state index is 12.5. The van der Waals surface area contributed by atoms with Crippen molar-refractivity contribution in [3.05, 3.63) is 28.8 Å². The lowest BCUT2D eigenvalue weighted by Gasteiger charge is -2.27. The molecule has 0 bridgehead atoms. The van der Waals surface area contributed by atoms with Crippen LogP contribution in [0.2, 0.25) is 0 Å². The first-order valence-electron chi connectivity index (χ1n) is 7.88.